The minimum atomic E-state index is 0.144. The van der Waals surface area contributed by atoms with E-state index in [1.807, 2.05) is 0 Å². The topological polar surface area (TPSA) is 32.3 Å². The van der Waals surface area contributed by atoms with Gasteiger partial charge in [-0.05, 0) is 62.3 Å². The molecule has 1 N–H and O–H groups in total. The van der Waals surface area contributed by atoms with Crippen LogP contribution in [0, 0.1) is 12.8 Å². The largest absolute Gasteiger partial charge is 0.371 e. The first-order valence-corrected chi connectivity index (χ1v) is 9.90. The Bertz CT molecular complexity index is 760. The van der Waals surface area contributed by atoms with Crippen LogP contribution in [0.4, 0.5) is 5.69 Å². The van der Waals surface area contributed by atoms with Gasteiger partial charge in [-0.1, -0.05) is 42.0 Å². The summed E-state index contributed by atoms with van der Waals surface area (Å²) in [7, 11) is 0. The van der Waals surface area contributed by atoms with Crippen LogP contribution in [0.2, 0.25) is 0 Å². The first-order valence-electron chi connectivity index (χ1n) is 9.90. The lowest BCUT2D eigenvalue weighted by molar-refractivity contribution is -0.126. The molecule has 1 atom stereocenters. The number of rotatable bonds is 3. The first-order chi connectivity index (χ1) is 12.7. The number of nitrogens with zero attached hydrogens (tertiary/aromatic N) is 1. The van der Waals surface area contributed by atoms with Gasteiger partial charge in [0.1, 0.15) is 0 Å². The molecule has 136 valence electrons. The zero-order valence-electron chi connectivity index (χ0n) is 15.6. The maximum Gasteiger partial charge on any atom is 0.223 e. The molecule has 1 amide bonds. The molecule has 4 rings (SSSR count). The summed E-state index contributed by atoms with van der Waals surface area (Å²) in [5.74, 6) is 0.390. The van der Waals surface area contributed by atoms with E-state index in [0.717, 1.165) is 45.2 Å². The Morgan fingerprint density at radius 3 is 2.50 bits per heavy atom. The fourth-order valence-electron chi connectivity index (χ4n) is 4.35. The summed E-state index contributed by atoms with van der Waals surface area (Å²) in [6, 6.07) is 17.5. The van der Waals surface area contributed by atoms with Gasteiger partial charge in [0.15, 0.2) is 0 Å². The van der Waals surface area contributed by atoms with E-state index in [1.165, 1.54) is 22.4 Å². The second-order valence-electron chi connectivity index (χ2n) is 7.75. The van der Waals surface area contributed by atoms with E-state index in [-0.39, 0.29) is 17.9 Å². The number of nitrogens with one attached hydrogen (secondary N) is 1. The predicted molar refractivity (Wildman–Crippen MR) is 106 cm³/mol. The third-order valence-electron chi connectivity index (χ3n) is 5.95. The molecule has 3 nitrogen and oxygen atoms in total. The number of carbonyl (C=O) groups is 1. The number of hydrogen-bond acceptors (Lipinski definition) is 2. The number of benzene rings is 2. The molecule has 0 bridgehead atoms. The van der Waals surface area contributed by atoms with Crippen LogP contribution < -0.4 is 10.2 Å². The Labute approximate surface area is 156 Å². The quantitative estimate of drug-likeness (QED) is 0.891. The molecule has 2 aliphatic rings. The summed E-state index contributed by atoms with van der Waals surface area (Å²) in [4.78, 5) is 15.2. The Hall–Kier alpha value is -2.29. The molecule has 2 aromatic rings. The highest BCUT2D eigenvalue weighted by Crippen LogP contribution is 2.30. The number of fused-ring (bicyclic) bond motifs is 1. The van der Waals surface area contributed by atoms with Gasteiger partial charge in [0.2, 0.25) is 5.91 Å². The van der Waals surface area contributed by atoms with E-state index in [2.05, 4.69) is 65.7 Å². The lowest BCUT2D eigenvalue weighted by Gasteiger charge is -2.34. The molecule has 0 radical (unpaired) electrons. The van der Waals surface area contributed by atoms with Crippen LogP contribution in [0.15, 0.2) is 48.5 Å². The smallest absolute Gasteiger partial charge is 0.223 e. The number of anilines is 1. The van der Waals surface area contributed by atoms with Crippen molar-refractivity contribution in [1.82, 2.24) is 5.32 Å². The third-order valence-corrected chi connectivity index (χ3v) is 5.95. The predicted octanol–water partition coefficient (Wildman–Crippen LogP) is 4.41. The van der Waals surface area contributed by atoms with Crippen molar-refractivity contribution >= 4 is 11.6 Å². The average molecular weight is 348 g/mol. The van der Waals surface area contributed by atoms with Gasteiger partial charge in [-0.3, -0.25) is 4.79 Å². The summed E-state index contributed by atoms with van der Waals surface area (Å²) < 4.78 is 0. The van der Waals surface area contributed by atoms with E-state index in [1.54, 1.807) is 0 Å². The van der Waals surface area contributed by atoms with Crippen molar-refractivity contribution in [2.75, 3.05) is 18.0 Å². The Morgan fingerprint density at radius 2 is 1.73 bits per heavy atom. The highest BCUT2D eigenvalue weighted by atomic mass is 16.1. The van der Waals surface area contributed by atoms with Crippen LogP contribution in [-0.4, -0.2) is 19.0 Å². The maximum absolute atomic E-state index is 12.8. The number of amides is 1. The van der Waals surface area contributed by atoms with Crippen molar-refractivity contribution in [3.8, 4) is 0 Å². The van der Waals surface area contributed by atoms with Gasteiger partial charge in [-0.2, -0.15) is 0 Å². The highest BCUT2D eigenvalue weighted by molar-refractivity contribution is 5.79. The van der Waals surface area contributed by atoms with Crippen LogP contribution in [0.5, 0.6) is 0 Å². The van der Waals surface area contributed by atoms with Crippen molar-refractivity contribution in [3.05, 3.63) is 65.2 Å². The van der Waals surface area contributed by atoms with Gasteiger partial charge in [-0.15, -0.1) is 0 Å². The standard InChI is InChI=1S/C23H28N2O/c1-17-9-11-20(12-10-17)25-15-13-19(14-16-25)23(26)24-22-8-4-6-18-5-2-3-7-21(18)22/h2-3,5,7,9-12,19,22H,4,6,8,13-16H2,1H3,(H,24,26)/t22-/m1/s1. The molecular formula is C23H28N2O. The lowest BCUT2D eigenvalue weighted by atomic mass is 9.87. The fourth-order valence-corrected chi connectivity index (χ4v) is 4.35. The lowest BCUT2D eigenvalue weighted by Crippen LogP contribution is -2.42. The summed E-state index contributed by atoms with van der Waals surface area (Å²) >= 11 is 0. The maximum atomic E-state index is 12.8. The second-order valence-corrected chi connectivity index (χ2v) is 7.75. The zero-order chi connectivity index (χ0) is 17.9. The van der Waals surface area contributed by atoms with Gasteiger partial charge >= 0.3 is 0 Å². The van der Waals surface area contributed by atoms with Gasteiger partial charge in [0.25, 0.3) is 0 Å². The van der Waals surface area contributed by atoms with E-state index in [9.17, 15) is 4.79 Å². The zero-order valence-corrected chi connectivity index (χ0v) is 15.6. The molecule has 1 saturated heterocycles. The molecule has 1 heterocycles. The molecule has 0 spiro atoms. The summed E-state index contributed by atoms with van der Waals surface area (Å²) in [6.07, 6.45) is 5.23. The Balaban J connectivity index is 1.35. The first kappa shape index (κ1) is 17.1. The van der Waals surface area contributed by atoms with Crippen LogP contribution in [0.3, 0.4) is 0 Å². The molecule has 2 aromatic carbocycles. The van der Waals surface area contributed by atoms with Crippen molar-refractivity contribution < 1.29 is 4.79 Å². The molecule has 26 heavy (non-hydrogen) atoms. The van der Waals surface area contributed by atoms with Gasteiger partial charge < -0.3 is 10.2 Å². The van der Waals surface area contributed by atoms with Crippen molar-refractivity contribution in [2.24, 2.45) is 5.92 Å². The van der Waals surface area contributed by atoms with E-state index < -0.39 is 0 Å². The Morgan fingerprint density at radius 1 is 1.00 bits per heavy atom. The van der Waals surface area contributed by atoms with Crippen LogP contribution >= 0.6 is 0 Å². The average Bonchev–Trinajstić information content (AvgIpc) is 2.69. The van der Waals surface area contributed by atoms with Crippen molar-refractivity contribution in [3.63, 3.8) is 0 Å². The molecule has 0 aromatic heterocycles. The van der Waals surface area contributed by atoms with Crippen molar-refractivity contribution in [1.29, 1.82) is 0 Å². The highest BCUT2D eigenvalue weighted by Gasteiger charge is 2.28. The monoisotopic (exact) mass is 348 g/mol. The van der Waals surface area contributed by atoms with Gasteiger partial charge in [0.05, 0.1) is 6.04 Å². The second kappa shape index (κ2) is 7.53. The SMILES string of the molecule is Cc1ccc(N2CCC(C(=O)N[C@@H]3CCCc4ccccc43)CC2)cc1. The summed E-state index contributed by atoms with van der Waals surface area (Å²) in [5.41, 5.74) is 5.29. The fraction of sp³-hybridized carbons (Fsp3) is 0.435. The normalized spacial score (nSPS) is 20.5. The van der Waals surface area contributed by atoms with E-state index in [4.69, 9.17) is 0 Å². The van der Waals surface area contributed by atoms with Gasteiger partial charge in [0, 0.05) is 24.7 Å². The van der Waals surface area contributed by atoms with Crippen molar-refractivity contribution in [2.45, 2.75) is 45.1 Å². The van der Waals surface area contributed by atoms with Crippen LogP contribution in [-0.2, 0) is 11.2 Å². The molecule has 0 unspecified atom stereocenters. The summed E-state index contributed by atoms with van der Waals surface area (Å²) in [5, 5.41) is 3.35. The van der Waals surface area contributed by atoms with E-state index >= 15 is 0 Å². The van der Waals surface area contributed by atoms with Crippen LogP contribution in [0.25, 0.3) is 0 Å². The molecule has 3 heteroatoms. The Kier molecular flexibility index (Phi) is 4.96. The number of hydrogen-bond donors (Lipinski definition) is 1. The number of aryl methyl sites for hydroxylation is 2. The number of piperidine rings is 1. The van der Waals surface area contributed by atoms with Crippen LogP contribution in [0.1, 0.15) is 48.4 Å². The minimum absolute atomic E-state index is 0.144. The number of carbonyl (C=O) groups excluding carboxylic acids is 1. The van der Waals surface area contributed by atoms with E-state index in [0.29, 0.717) is 0 Å². The van der Waals surface area contributed by atoms with Gasteiger partial charge in [-0.25, -0.2) is 0 Å². The molecule has 0 saturated carbocycles. The molecule has 1 aliphatic heterocycles. The molecule has 1 aliphatic carbocycles. The molecular weight excluding hydrogens is 320 g/mol. The summed E-state index contributed by atoms with van der Waals surface area (Å²) in [6.45, 7) is 4.04. The minimum Gasteiger partial charge on any atom is -0.371 e. The molecule has 1 fully saturated rings. The third kappa shape index (κ3) is 3.62.